The van der Waals surface area contributed by atoms with Gasteiger partial charge >= 0.3 is 0 Å². The predicted octanol–water partition coefficient (Wildman–Crippen LogP) is 4.32. The van der Waals surface area contributed by atoms with Gasteiger partial charge in [0.2, 0.25) is 0 Å². The number of carbonyl (C=O) groups is 1. The van der Waals surface area contributed by atoms with Crippen molar-refractivity contribution in [2.24, 2.45) is 0 Å². The molecule has 0 fully saturated rings. The van der Waals surface area contributed by atoms with E-state index in [1.165, 1.54) is 0 Å². The molecular formula is C14H7ClF4O. The highest BCUT2D eigenvalue weighted by atomic mass is 35.5. The lowest BCUT2D eigenvalue weighted by molar-refractivity contribution is 0.0987. The highest BCUT2D eigenvalue weighted by molar-refractivity contribution is 6.30. The van der Waals surface area contributed by atoms with Gasteiger partial charge in [0.1, 0.15) is 23.3 Å². The Hall–Kier alpha value is -1.88. The molecule has 0 atom stereocenters. The van der Waals surface area contributed by atoms with E-state index in [-0.39, 0.29) is 5.56 Å². The van der Waals surface area contributed by atoms with Gasteiger partial charge in [0.25, 0.3) is 0 Å². The third-order valence-electron chi connectivity index (χ3n) is 2.68. The molecule has 0 radical (unpaired) electrons. The summed E-state index contributed by atoms with van der Waals surface area (Å²) in [6.45, 7) is 0. The Bertz CT molecular complexity index is 685. The first-order chi connectivity index (χ1) is 9.38. The summed E-state index contributed by atoms with van der Waals surface area (Å²) < 4.78 is 52.8. The van der Waals surface area contributed by atoms with Crippen molar-refractivity contribution in [1.82, 2.24) is 0 Å². The van der Waals surface area contributed by atoms with E-state index < -0.39 is 46.1 Å². The molecule has 1 nitrogen and oxygen atoms in total. The van der Waals surface area contributed by atoms with Gasteiger partial charge in [-0.2, -0.15) is 0 Å². The number of benzene rings is 2. The molecule has 6 heteroatoms. The smallest absolute Gasteiger partial charge is 0.170 e. The molecule has 0 heterocycles. The maximum absolute atomic E-state index is 13.5. The largest absolute Gasteiger partial charge is 0.294 e. The van der Waals surface area contributed by atoms with Crippen LogP contribution in [-0.2, 0) is 6.42 Å². The lowest BCUT2D eigenvalue weighted by Crippen LogP contribution is -2.08. The number of carbonyl (C=O) groups excluding carboxylic acids is 1. The number of halogens is 5. The molecule has 0 saturated heterocycles. The van der Waals surface area contributed by atoms with Gasteiger partial charge in [-0.25, -0.2) is 17.6 Å². The molecule has 0 aliphatic rings. The Kier molecular flexibility index (Phi) is 4.09. The standard InChI is InChI=1S/C14H7ClF4O/c15-10-6-12(18)9(5-13(10)19)14(20)3-7-1-2-8(16)4-11(7)17/h1-2,4-6H,3H2. The van der Waals surface area contributed by atoms with E-state index in [2.05, 4.69) is 0 Å². The molecule has 0 bridgehead atoms. The normalized spacial score (nSPS) is 10.7. The van der Waals surface area contributed by atoms with E-state index in [4.69, 9.17) is 11.6 Å². The summed E-state index contributed by atoms with van der Waals surface area (Å²) in [5.41, 5.74) is -0.637. The molecular weight excluding hydrogens is 296 g/mol. The molecule has 2 aromatic rings. The second-order valence-electron chi connectivity index (χ2n) is 4.08. The average molecular weight is 303 g/mol. The van der Waals surface area contributed by atoms with Gasteiger partial charge in [-0.1, -0.05) is 17.7 Å². The summed E-state index contributed by atoms with van der Waals surface area (Å²) >= 11 is 5.37. The van der Waals surface area contributed by atoms with E-state index in [0.29, 0.717) is 18.2 Å². The minimum absolute atomic E-state index is 0.105. The minimum atomic E-state index is -0.996. The number of hydrogen-bond acceptors (Lipinski definition) is 1. The fourth-order valence-electron chi connectivity index (χ4n) is 1.67. The predicted molar refractivity (Wildman–Crippen MR) is 65.8 cm³/mol. The zero-order valence-corrected chi connectivity index (χ0v) is 10.6. The van der Waals surface area contributed by atoms with Crippen LogP contribution in [0.5, 0.6) is 0 Å². The van der Waals surface area contributed by atoms with Crippen molar-refractivity contribution in [3.63, 3.8) is 0 Å². The van der Waals surface area contributed by atoms with Crippen LogP contribution in [0.3, 0.4) is 0 Å². The summed E-state index contributed by atoms with van der Waals surface area (Å²) in [5.74, 6) is -4.49. The van der Waals surface area contributed by atoms with Crippen molar-refractivity contribution in [3.05, 3.63) is 69.8 Å². The van der Waals surface area contributed by atoms with Gasteiger partial charge in [0, 0.05) is 12.5 Å². The Morgan fingerprint density at radius 2 is 1.65 bits per heavy atom. The molecule has 0 aromatic heterocycles. The summed E-state index contributed by atoms with van der Waals surface area (Å²) in [5, 5.41) is -0.452. The number of ketones is 1. The van der Waals surface area contributed by atoms with Crippen LogP contribution in [0.25, 0.3) is 0 Å². The Morgan fingerprint density at radius 3 is 2.30 bits per heavy atom. The minimum Gasteiger partial charge on any atom is -0.294 e. The van der Waals surface area contributed by atoms with Gasteiger partial charge < -0.3 is 0 Å². The van der Waals surface area contributed by atoms with Crippen molar-refractivity contribution in [3.8, 4) is 0 Å². The van der Waals surface area contributed by atoms with Crippen LogP contribution in [0.2, 0.25) is 5.02 Å². The van der Waals surface area contributed by atoms with E-state index in [1.807, 2.05) is 0 Å². The Morgan fingerprint density at radius 1 is 0.950 bits per heavy atom. The van der Waals surface area contributed by atoms with Crippen molar-refractivity contribution in [2.75, 3.05) is 0 Å². The summed E-state index contributed by atoms with van der Waals surface area (Å²) in [6.07, 6.45) is -0.510. The van der Waals surface area contributed by atoms with Crippen molar-refractivity contribution < 1.29 is 22.4 Å². The van der Waals surface area contributed by atoms with Crippen LogP contribution in [-0.4, -0.2) is 5.78 Å². The Labute approximate surface area is 116 Å². The SMILES string of the molecule is O=C(Cc1ccc(F)cc1F)c1cc(F)c(Cl)cc1F. The van der Waals surface area contributed by atoms with E-state index in [9.17, 15) is 22.4 Å². The first-order valence-electron chi connectivity index (χ1n) is 5.50. The molecule has 2 aromatic carbocycles. The molecule has 0 spiro atoms. The van der Waals surface area contributed by atoms with E-state index in [0.717, 1.165) is 12.1 Å². The topological polar surface area (TPSA) is 17.1 Å². The third kappa shape index (κ3) is 2.99. The van der Waals surface area contributed by atoms with Crippen LogP contribution in [0.1, 0.15) is 15.9 Å². The van der Waals surface area contributed by atoms with Gasteiger partial charge in [-0.3, -0.25) is 4.79 Å². The molecule has 104 valence electrons. The molecule has 0 unspecified atom stereocenters. The number of rotatable bonds is 3. The van der Waals surface area contributed by atoms with Gasteiger partial charge in [0.05, 0.1) is 10.6 Å². The zero-order valence-electron chi connectivity index (χ0n) is 9.89. The summed E-state index contributed by atoms with van der Waals surface area (Å²) in [7, 11) is 0. The molecule has 0 N–H and O–H groups in total. The fraction of sp³-hybridized carbons (Fsp3) is 0.0714. The van der Waals surface area contributed by atoms with E-state index >= 15 is 0 Å². The highest BCUT2D eigenvalue weighted by Crippen LogP contribution is 2.21. The van der Waals surface area contributed by atoms with Gasteiger partial charge in [-0.05, 0) is 23.8 Å². The van der Waals surface area contributed by atoms with Crippen molar-refractivity contribution in [2.45, 2.75) is 6.42 Å². The van der Waals surface area contributed by atoms with Crippen molar-refractivity contribution >= 4 is 17.4 Å². The number of Topliss-reactive ketones (excluding diaryl/α,β-unsaturated/α-hetero) is 1. The van der Waals surface area contributed by atoms with Crippen LogP contribution in [0, 0.1) is 23.3 Å². The molecule has 0 aliphatic carbocycles. The second-order valence-corrected chi connectivity index (χ2v) is 4.49. The first-order valence-corrected chi connectivity index (χ1v) is 5.88. The summed E-state index contributed by atoms with van der Waals surface area (Å²) in [4.78, 5) is 11.8. The molecule has 0 amide bonds. The number of hydrogen-bond donors (Lipinski definition) is 0. The average Bonchev–Trinajstić information content (AvgIpc) is 2.37. The van der Waals surface area contributed by atoms with Crippen LogP contribution >= 0.6 is 11.6 Å². The lowest BCUT2D eigenvalue weighted by atomic mass is 10.0. The maximum atomic E-state index is 13.5. The Balaban J connectivity index is 2.31. The first kappa shape index (κ1) is 14.5. The van der Waals surface area contributed by atoms with Gasteiger partial charge in [-0.15, -0.1) is 0 Å². The van der Waals surface area contributed by atoms with Crippen LogP contribution < -0.4 is 0 Å². The van der Waals surface area contributed by atoms with Crippen LogP contribution in [0.4, 0.5) is 17.6 Å². The van der Waals surface area contributed by atoms with Gasteiger partial charge in [0.15, 0.2) is 5.78 Å². The maximum Gasteiger partial charge on any atom is 0.170 e. The fourth-order valence-corrected chi connectivity index (χ4v) is 1.82. The third-order valence-corrected chi connectivity index (χ3v) is 2.97. The summed E-state index contributed by atoms with van der Waals surface area (Å²) in [6, 6.07) is 3.99. The van der Waals surface area contributed by atoms with Crippen LogP contribution in [0.15, 0.2) is 30.3 Å². The van der Waals surface area contributed by atoms with Crippen molar-refractivity contribution in [1.29, 1.82) is 0 Å². The highest BCUT2D eigenvalue weighted by Gasteiger charge is 2.17. The monoisotopic (exact) mass is 302 g/mol. The molecule has 2 rings (SSSR count). The molecule has 0 saturated carbocycles. The molecule has 20 heavy (non-hydrogen) atoms. The zero-order chi connectivity index (χ0) is 14.9. The quantitative estimate of drug-likeness (QED) is 0.469. The van der Waals surface area contributed by atoms with E-state index in [1.54, 1.807) is 0 Å². The lowest BCUT2D eigenvalue weighted by Gasteiger charge is -2.05. The molecule has 0 aliphatic heterocycles. The second kappa shape index (κ2) is 5.63.